The Morgan fingerprint density at radius 2 is 1.43 bits per heavy atom. The molecule has 0 aliphatic carbocycles. The standard InChI is InChI=1S/C29H51N3O5/c1-3-4-5-6-7-8-9-10-11-12-13-14-15-16-17-18-22-32-29(34)36-24-26(35-2)27(28(30)33)37-25-20-19-21-31-23-25/h19-21,23,26-27H,3-18,22,24H2,1-2H3,(H2,30,33)(H,32,34). The van der Waals surface area contributed by atoms with E-state index in [2.05, 4.69) is 17.2 Å². The van der Waals surface area contributed by atoms with Crippen LogP contribution in [-0.4, -0.2) is 49.5 Å². The number of hydrogen-bond acceptors (Lipinski definition) is 6. The van der Waals surface area contributed by atoms with E-state index in [-0.39, 0.29) is 6.61 Å². The fourth-order valence-corrected chi connectivity index (χ4v) is 4.23. The SMILES string of the molecule is CCCCCCCCCCCCCCCCCCNC(=O)OCC(OC)C(Oc1cccnc1)C(N)=O. The highest BCUT2D eigenvalue weighted by Crippen LogP contribution is 2.14. The summed E-state index contributed by atoms with van der Waals surface area (Å²) in [6.45, 7) is 2.67. The first-order valence-corrected chi connectivity index (χ1v) is 14.4. The van der Waals surface area contributed by atoms with Crippen LogP contribution in [0, 0.1) is 0 Å². The Morgan fingerprint density at radius 1 is 0.892 bits per heavy atom. The van der Waals surface area contributed by atoms with Crippen molar-refractivity contribution < 1.29 is 23.8 Å². The molecule has 0 aliphatic rings. The second kappa shape index (κ2) is 22.8. The van der Waals surface area contributed by atoms with Crippen LogP contribution in [0.15, 0.2) is 24.5 Å². The zero-order chi connectivity index (χ0) is 27.0. The van der Waals surface area contributed by atoms with Crippen LogP contribution in [-0.2, 0) is 14.3 Å². The van der Waals surface area contributed by atoms with Crippen LogP contribution in [0.4, 0.5) is 4.79 Å². The van der Waals surface area contributed by atoms with Crippen molar-refractivity contribution >= 4 is 12.0 Å². The van der Waals surface area contributed by atoms with Gasteiger partial charge in [0, 0.05) is 19.9 Å². The van der Waals surface area contributed by atoms with Crippen LogP contribution >= 0.6 is 0 Å². The predicted molar refractivity (Wildman–Crippen MR) is 148 cm³/mol. The molecule has 0 bridgehead atoms. The monoisotopic (exact) mass is 521 g/mol. The number of amides is 2. The number of nitrogens with one attached hydrogen (secondary N) is 1. The van der Waals surface area contributed by atoms with Crippen molar-refractivity contribution in [2.45, 2.75) is 122 Å². The number of nitrogens with two attached hydrogens (primary N) is 1. The maximum atomic E-state index is 12.0. The largest absolute Gasteiger partial charge is 0.476 e. The molecule has 1 aromatic rings. The van der Waals surface area contributed by atoms with E-state index in [4.69, 9.17) is 19.9 Å². The van der Waals surface area contributed by atoms with Crippen LogP contribution in [0.2, 0.25) is 0 Å². The van der Waals surface area contributed by atoms with E-state index < -0.39 is 24.2 Å². The Hall–Kier alpha value is -2.35. The van der Waals surface area contributed by atoms with E-state index in [0.717, 1.165) is 12.8 Å². The minimum Gasteiger partial charge on any atom is -0.476 e. The van der Waals surface area contributed by atoms with Gasteiger partial charge < -0.3 is 25.3 Å². The fraction of sp³-hybridized carbons (Fsp3) is 0.759. The number of pyridine rings is 1. The quantitative estimate of drug-likeness (QED) is 0.154. The molecule has 8 nitrogen and oxygen atoms in total. The first kappa shape index (κ1) is 32.7. The highest BCUT2D eigenvalue weighted by Gasteiger charge is 2.30. The lowest BCUT2D eigenvalue weighted by atomic mass is 10.0. The summed E-state index contributed by atoms with van der Waals surface area (Å²) in [6, 6.07) is 3.33. The second-order valence-electron chi connectivity index (χ2n) is 9.73. The molecule has 37 heavy (non-hydrogen) atoms. The van der Waals surface area contributed by atoms with Gasteiger partial charge >= 0.3 is 6.09 Å². The summed E-state index contributed by atoms with van der Waals surface area (Å²) in [7, 11) is 1.41. The van der Waals surface area contributed by atoms with E-state index in [1.54, 1.807) is 18.3 Å². The summed E-state index contributed by atoms with van der Waals surface area (Å²) in [4.78, 5) is 27.8. The summed E-state index contributed by atoms with van der Waals surface area (Å²) in [5.74, 6) is -0.339. The first-order valence-electron chi connectivity index (χ1n) is 14.4. The summed E-state index contributed by atoms with van der Waals surface area (Å²) in [5, 5.41) is 2.75. The van der Waals surface area contributed by atoms with Crippen molar-refractivity contribution in [3.63, 3.8) is 0 Å². The van der Waals surface area contributed by atoms with Gasteiger partial charge in [0.25, 0.3) is 5.91 Å². The maximum absolute atomic E-state index is 12.0. The van der Waals surface area contributed by atoms with Crippen LogP contribution in [0.1, 0.15) is 110 Å². The number of nitrogens with zero attached hydrogens (tertiary/aromatic N) is 1. The van der Waals surface area contributed by atoms with Crippen LogP contribution in [0.5, 0.6) is 5.75 Å². The molecule has 3 N–H and O–H groups in total. The van der Waals surface area contributed by atoms with Gasteiger partial charge in [0.05, 0.1) is 6.20 Å². The van der Waals surface area contributed by atoms with Crippen LogP contribution in [0.25, 0.3) is 0 Å². The van der Waals surface area contributed by atoms with Crippen molar-refractivity contribution in [1.29, 1.82) is 0 Å². The Bertz CT molecular complexity index is 689. The number of ether oxygens (including phenoxy) is 3. The Kier molecular flexibility index (Phi) is 20.2. The zero-order valence-corrected chi connectivity index (χ0v) is 23.3. The molecule has 2 unspecified atom stereocenters. The lowest BCUT2D eigenvalue weighted by Gasteiger charge is -2.24. The molecule has 2 amide bonds. The van der Waals surface area contributed by atoms with Crippen LogP contribution in [0.3, 0.4) is 0 Å². The summed E-state index contributed by atoms with van der Waals surface area (Å²) in [5.41, 5.74) is 5.45. The normalized spacial score (nSPS) is 12.6. The molecular weight excluding hydrogens is 470 g/mol. The van der Waals surface area contributed by atoms with E-state index in [1.165, 1.54) is 103 Å². The third kappa shape index (κ3) is 17.7. The van der Waals surface area contributed by atoms with Gasteiger partial charge in [-0.2, -0.15) is 0 Å². The van der Waals surface area contributed by atoms with Gasteiger partial charge in [-0.3, -0.25) is 9.78 Å². The Morgan fingerprint density at radius 3 is 1.89 bits per heavy atom. The lowest BCUT2D eigenvalue weighted by molar-refractivity contribution is -0.133. The molecule has 0 aromatic carbocycles. The van der Waals surface area contributed by atoms with Gasteiger partial charge in [0.2, 0.25) is 6.10 Å². The predicted octanol–water partition coefficient (Wildman–Crippen LogP) is 6.32. The second-order valence-corrected chi connectivity index (χ2v) is 9.73. The molecule has 0 fully saturated rings. The Balaban J connectivity index is 1.99. The molecule has 0 aliphatic heterocycles. The van der Waals surface area contributed by atoms with Gasteiger partial charge in [-0.25, -0.2) is 4.79 Å². The fourth-order valence-electron chi connectivity index (χ4n) is 4.23. The first-order chi connectivity index (χ1) is 18.1. The molecule has 0 saturated heterocycles. The number of hydrogen-bond donors (Lipinski definition) is 2. The maximum Gasteiger partial charge on any atom is 0.407 e. The van der Waals surface area contributed by atoms with Gasteiger partial charge in [0.1, 0.15) is 18.5 Å². The van der Waals surface area contributed by atoms with Crippen molar-refractivity contribution in [3.05, 3.63) is 24.5 Å². The summed E-state index contributed by atoms with van der Waals surface area (Å²) >= 11 is 0. The molecule has 1 rings (SSSR count). The molecule has 0 saturated carbocycles. The number of primary amides is 1. The van der Waals surface area contributed by atoms with Crippen molar-refractivity contribution in [1.82, 2.24) is 10.3 Å². The van der Waals surface area contributed by atoms with E-state index in [0.29, 0.717) is 12.3 Å². The van der Waals surface area contributed by atoms with Gasteiger partial charge in [-0.15, -0.1) is 0 Å². The average Bonchev–Trinajstić information content (AvgIpc) is 2.90. The number of unbranched alkanes of at least 4 members (excludes halogenated alkanes) is 15. The molecule has 8 heteroatoms. The molecular formula is C29H51N3O5. The average molecular weight is 522 g/mol. The van der Waals surface area contributed by atoms with E-state index >= 15 is 0 Å². The number of alkyl carbamates (subject to hydrolysis) is 1. The zero-order valence-electron chi connectivity index (χ0n) is 23.3. The highest BCUT2D eigenvalue weighted by molar-refractivity contribution is 5.80. The van der Waals surface area contributed by atoms with E-state index in [9.17, 15) is 9.59 Å². The molecule has 1 heterocycles. The molecule has 0 radical (unpaired) electrons. The van der Waals surface area contributed by atoms with Gasteiger partial charge in [-0.1, -0.05) is 103 Å². The van der Waals surface area contributed by atoms with Crippen molar-refractivity contribution in [2.75, 3.05) is 20.3 Å². The number of rotatable bonds is 24. The molecule has 1 aromatic heterocycles. The third-order valence-electron chi connectivity index (χ3n) is 6.50. The van der Waals surface area contributed by atoms with Gasteiger partial charge in [-0.05, 0) is 18.6 Å². The van der Waals surface area contributed by atoms with Crippen molar-refractivity contribution in [2.24, 2.45) is 5.73 Å². The van der Waals surface area contributed by atoms with Crippen LogP contribution < -0.4 is 15.8 Å². The third-order valence-corrected chi connectivity index (χ3v) is 6.50. The smallest absolute Gasteiger partial charge is 0.407 e. The molecule has 2 atom stereocenters. The molecule has 0 spiro atoms. The highest BCUT2D eigenvalue weighted by atomic mass is 16.6. The number of carbonyl (C=O) groups is 2. The number of carbonyl (C=O) groups excluding carboxylic acids is 2. The topological polar surface area (TPSA) is 113 Å². The summed E-state index contributed by atoms with van der Waals surface area (Å²) < 4.78 is 16.1. The minimum absolute atomic E-state index is 0.158. The van der Waals surface area contributed by atoms with Gasteiger partial charge in [0.15, 0.2) is 0 Å². The number of aromatic nitrogens is 1. The number of methoxy groups -OCH3 is 1. The lowest BCUT2D eigenvalue weighted by Crippen LogP contribution is -2.47. The summed E-state index contributed by atoms with van der Waals surface area (Å²) in [6.07, 6.45) is 21.5. The Labute approximate surface area is 224 Å². The minimum atomic E-state index is -1.11. The van der Waals surface area contributed by atoms with E-state index in [1.807, 2.05) is 0 Å². The molecule has 212 valence electrons. The van der Waals surface area contributed by atoms with Crippen molar-refractivity contribution in [3.8, 4) is 5.75 Å².